The summed E-state index contributed by atoms with van der Waals surface area (Å²) in [6.07, 6.45) is 1.24. The van der Waals surface area contributed by atoms with Crippen molar-refractivity contribution >= 4 is 63.2 Å². The van der Waals surface area contributed by atoms with Crippen LogP contribution in [0.15, 0.2) is 47.5 Å². The second-order valence-corrected chi connectivity index (χ2v) is 7.49. The molecule has 7 nitrogen and oxygen atoms in total. The number of aromatic nitrogens is 2. The highest BCUT2D eigenvalue weighted by atomic mass is 35.5. The largest absolute Gasteiger partial charge is 0.335 e. The van der Waals surface area contributed by atoms with Crippen LogP contribution < -0.4 is 10.9 Å². The van der Waals surface area contributed by atoms with E-state index in [2.05, 4.69) is 10.3 Å². The molecule has 0 spiro atoms. The van der Waals surface area contributed by atoms with Gasteiger partial charge < -0.3 is 10.2 Å². The van der Waals surface area contributed by atoms with Crippen molar-refractivity contribution in [1.29, 1.82) is 0 Å². The third-order valence-electron chi connectivity index (χ3n) is 4.11. The number of hydrogen-bond donors (Lipinski definition) is 1. The van der Waals surface area contributed by atoms with Crippen LogP contribution in [-0.4, -0.2) is 39.9 Å². The van der Waals surface area contributed by atoms with Gasteiger partial charge in [-0.3, -0.25) is 19.0 Å². The summed E-state index contributed by atoms with van der Waals surface area (Å²) in [6, 6.07) is 9.69. The van der Waals surface area contributed by atoms with E-state index in [4.69, 9.17) is 34.8 Å². The Kier molecular flexibility index (Phi) is 6.42. The molecule has 0 unspecified atom stereocenters. The van der Waals surface area contributed by atoms with Crippen LogP contribution in [0.3, 0.4) is 0 Å². The number of likely N-dealkylation sites (N-methyl/N-ethyl adjacent to an activating group) is 1. The molecular weight excluding hydrogens is 439 g/mol. The third-order valence-corrected chi connectivity index (χ3v) is 4.94. The Balaban J connectivity index is 1.71. The highest BCUT2D eigenvalue weighted by Gasteiger charge is 2.16. The van der Waals surface area contributed by atoms with Gasteiger partial charge in [-0.25, -0.2) is 4.98 Å². The fourth-order valence-electron chi connectivity index (χ4n) is 2.63. The lowest BCUT2D eigenvalue weighted by Gasteiger charge is -2.18. The monoisotopic (exact) mass is 452 g/mol. The van der Waals surface area contributed by atoms with E-state index in [-0.39, 0.29) is 23.5 Å². The normalized spacial score (nSPS) is 10.8. The zero-order valence-corrected chi connectivity index (χ0v) is 17.4. The molecule has 2 amide bonds. The van der Waals surface area contributed by atoms with E-state index < -0.39 is 17.4 Å². The van der Waals surface area contributed by atoms with Crippen LogP contribution in [0.25, 0.3) is 10.9 Å². The molecule has 10 heteroatoms. The van der Waals surface area contributed by atoms with Crippen LogP contribution in [0.5, 0.6) is 0 Å². The number of anilines is 1. The topological polar surface area (TPSA) is 84.3 Å². The average Bonchev–Trinajstić information content (AvgIpc) is 2.66. The van der Waals surface area contributed by atoms with E-state index in [1.807, 2.05) is 0 Å². The Morgan fingerprint density at radius 3 is 2.59 bits per heavy atom. The molecule has 1 aromatic heterocycles. The summed E-state index contributed by atoms with van der Waals surface area (Å²) in [6.45, 7) is -0.501. The molecule has 0 radical (unpaired) electrons. The highest BCUT2D eigenvalue weighted by Crippen LogP contribution is 2.24. The summed E-state index contributed by atoms with van der Waals surface area (Å²) in [5.74, 6) is -0.868. The molecule has 29 heavy (non-hydrogen) atoms. The molecule has 0 bridgehead atoms. The molecule has 0 aliphatic heterocycles. The second-order valence-electron chi connectivity index (χ2n) is 6.24. The Morgan fingerprint density at radius 2 is 1.86 bits per heavy atom. The number of halogens is 3. The number of hydrogen-bond acceptors (Lipinski definition) is 4. The fraction of sp³-hybridized carbons (Fsp3) is 0.158. The number of carbonyl (C=O) groups excluding carboxylic acids is 2. The number of rotatable bonds is 5. The van der Waals surface area contributed by atoms with Gasteiger partial charge in [0.15, 0.2) is 0 Å². The first-order valence-electron chi connectivity index (χ1n) is 8.39. The number of para-hydroxylation sites is 1. The van der Waals surface area contributed by atoms with Gasteiger partial charge in [0.05, 0.1) is 39.5 Å². The van der Waals surface area contributed by atoms with E-state index in [0.29, 0.717) is 21.2 Å². The lowest BCUT2D eigenvalue weighted by molar-refractivity contribution is -0.133. The first kappa shape index (κ1) is 21.1. The van der Waals surface area contributed by atoms with Gasteiger partial charge in [0, 0.05) is 12.1 Å². The van der Waals surface area contributed by atoms with Gasteiger partial charge in [-0.2, -0.15) is 0 Å². The van der Waals surface area contributed by atoms with Crippen LogP contribution in [0, 0.1) is 0 Å². The minimum absolute atomic E-state index is 0.205. The molecular formula is C19H15Cl3N4O3. The summed E-state index contributed by atoms with van der Waals surface area (Å²) >= 11 is 18.0. The molecule has 0 saturated carbocycles. The molecule has 3 rings (SSSR count). The number of nitrogens with zero attached hydrogens (tertiary/aromatic N) is 3. The average molecular weight is 454 g/mol. The van der Waals surface area contributed by atoms with Gasteiger partial charge in [0.1, 0.15) is 6.54 Å². The predicted molar refractivity (Wildman–Crippen MR) is 114 cm³/mol. The van der Waals surface area contributed by atoms with Crippen molar-refractivity contribution < 1.29 is 9.59 Å². The van der Waals surface area contributed by atoms with Crippen molar-refractivity contribution in [2.45, 2.75) is 6.54 Å². The highest BCUT2D eigenvalue weighted by molar-refractivity contribution is 6.38. The standard InChI is InChI=1S/C19H15Cl3N4O3/c1-25(8-16(27)24-15-5-3-2-4-13(15)21)17(28)9-26-10-23-18-12(19(26)29)6-11(20)7-14(18)22/h2-7,10H,8-9H2,1H3,(H,24,27). The summed E-state index contributed by atoms with van der Waals surface area (Å²) < 4.78 is 1.14. The smallest absolute Gasteiger partial charge is 0.261 e. The lowest BCUT2D eigenvalue weighted by atomic mass is 10.2. The summed E-state index contributed by atoms with van der Waals surface area (Å²) in [5.41, 5.74) is 0.294. The van der Waals surface area contributed by atoms with E-state index >= 15 is 0 Å². The van der Waals surface area contributed by atoms with E-state index in [0.717, 1.165) is 4.57 Å². The molecule has 2 aromatic carbocycles. The van der Waals surface area contributed by atoms with Crippen molar-refractivity contribution in [3.8, 4) is 0 Å². The molecule has 150 valence electrons. The van der Waals surface area contributed by atoms with Gasteiger partial charge in [-0.15, -0.1) is 0 Å². The number of nitrogens with one attached hydrogen (secondary N) is 1. The third kappa shape index (κ3) is 4.87. The van der Waals surface area contributed by atoms with Gasteiger partial charge in [0.2, 0.25) is 11.8 Å². The molecule has 0 aliphatic carbocycles. The summed E-state index contributed by atoms with van der Waals surface area (Å²) in [4.78, 5) is 42.6. The summed E-state index contributed by atoms with van der Waals surface area (Å²) in [7, 11) is 1.46. The van der Waals surface area contributed by atoms with Gasteiger partial charge >= 0.3 is 0 Å². The summed E-state index contributed by atoms with van der Waals surface area (Å²) in [5, 5.41) is 3.77. The molecule has 1 heterocycles. The predicted octanol–water partition coefficient (Wildman–Crippen LogP) is 3.45. The van der Waals surface area contributed by atoms with Crippen LogP contribution >= 0.6 is 34.8 Å². The fourth-order valence-corrected chi connectivity index (χ4v) is 3.35. The maximum Gasteiger partial charge on any atom is 0.261 e. The first-order valence-corrected chi connectivity index (χ1v) is 9.52. The van der Waals surface area contributed by atoms with Gasteiger partial charge in [-0.1, -0.05) is 46.9 Å². The van der Waals surface area contributed by atoms with Gasteiger partial charge in [0.25, 0.3) is 5.56 Å². The number of carbonyl (C=O) groups is 2. The van der Waals surface area contributed by atoms with Crippen LogP contribution in [0.1, 0.15) is 0 Å². The zero-order valence-electron chi connectivity index (χ0n) is 15.2. The number of benzene rings is 2. The van der Waals surface area contributed by atoms with Crippen molar-refractivity contribution in [3.63, 3.8) is 0 Å². The molecule has 0 aliphatic rings. The zero-order chi connectivity index (χ0) is 21.1. The molecule has 1 N–H and O–H groups in total. The Morgan fingerprint density at radius 1 is 1.14 bits per heavy atom. The first-order chi connectivity index (χ1) is 13.8. The molecule has 3 aromatic rings. The van der Waals surface area contributed by atoms with Gasteiger partial charge in [-0.05, 0) is 24.3 Å². The van der Waals surface area contributed by atoms with E-state index in [1.165, 1.54) is 30.4 Å². The minimum atomic E-state index is -0.457. The molecule has 0 saturated heterocycles. The Hall–Kier alpha value is -2.61. The molecule has 0 atom stereocenters. The van der Waals surface area contributed by atoms with Crippen molar-refractivity contribution in [2.75, 3.05) is 18.9 Å². The SMILES string of the molecule is CN(CC(=O)Nc1ccccc1Cl)C(=O)Cn1cnc2c(Cl)cc(Cl)cc2c1=O. The Bertz CT molecular complexity index is 1160. The Labute approximate surface area is 180 Å². The second kappa shape index (κ2) is 8.82. The van der Waals surface area contributed by atoms with Crippen LogP contribution in [-0.2, 0) is 16.1 Å². The number of amides is 2. The van der Waals surface area contributed by atoms with Crippen LogP contribution in [0.2, 0.25) is 15.1 Å². The van der Waals surface area contributed by atoms with Crippen molar-refractivity contribution in [2.24, 2.45) is 0 Å². The number of fused-ring (bicyclic) bond motifs is 1. The van der Waals surface area contributed by atoms with E-state index in [9.17, 15) is 14.4 Å². The lowest BCUT2D eigenvalue weighted by Crippen LogP contribution is -2.38. The quantitative estimate of drug-likeness (QED) is 0.641. The van der Waals surface area contributed by atoms with Crippen LogP contribution in [0.4, 0.5) is 5.69 Å². The van der Waals surface area contributed by atoms with Crippen molar-refractivity contribution in [1.82, 2.24) is 14.5 Å². The maximum absolute atomic E-state index is 12.6. The van der Waals surface area contributed by atoms with E-state index in [1.54, 1.807) is 24.3 Å². The maximum atomic E-state index is 12.6. The van der Waals surface area contributed by atoms with Crippen molar-refractivity contribution in [3.05, 3.63) is 68.1 Å². The molecule has 0 fully saturated rings. The minimum Gasteiger partial charge on any atom is -0.335 e.